The zero-order valence-electron chi connectivity index (χ0n) is 12.0. The number of benzene rings is 1. The summed E-state index contributed by atoms with van der Waals surface area (Å²) in [5, 5.41) is 1.40. The van der Waals surface area contributed by atoms with E-state index in [0.29, 0.717) is 0 Å². The lowest BCUT2D eigenvalue weighted by Crippen LogP contribution is -2.32. The average Bonchev–Trinajstić information content (AvgIpc) is 2.91. The fourth-order valence-corrected chi connectivity index (χ4v) is 3.26. The summed E-state index contributed by atoms with van der Waals surface area (Å²) < 4.78 is 0. The third kappa shape index (κ3) is 2.45. The molecule has 0 spiro atoms. The number of para-hydroxylation sites is 1. The Morgan fingerprint density at radius 3 is 2.90 bits per heavy atom. The second kappa shape index (κ2) is 5.34. The van der Waals surface area contributed by atoms with Gasteiger partial charge in [-0.2, -0.15) is 0 Å². The number of H-pyrrole nitrogens is 1. The van der Waals surface area contributed by atoms with Crippen LogP contribution in [0.4, 0.5) is 0 Å². The molecule has 3 heteroatoms. The summed E-state index contributed by atoms with van der Waals surface area (Å²) in [7, 11) is 0. The van der Waals surface area contributed by atoms with Gasteiger partial charge < -0.3 is 4.98 Å². The van der Waals surface area contributed by atoms with E-state index >= 15 is 0 Å². The molecule has 0 radical (unpaired) electrons. The number of hydrogen-bond donors (Lipinski definition) is 1. The van der Waals surface area contributed by atoms with Crippen LogP contribution in [0, 0.1) is 0 Å². The molecule has 0 atom stereocenters. The molecule has 0 saturated carbocycles. The average molecular weight is 277 g/mol. The maximum absolute atomic E-state index is 4.41. The Bertz CT molecular complexity index is 746. The van der Waals surface area contributed by atoms with E-state index in [4.69, 9.17) is 0 Å². The molecule has 106 valence electrons. The largest absolute Gasteiger partial charge is 0.357 e. The first kappa shape index (κ1) is 12.6. The highest BCUT2D eigenvalue weighted by Gasteiger charge is 2.19. The highest BCUT2D eigenvalue weighted by molar-refractivity contribution is 5.84. The van der Waals surface area contributed by atoms with Crippen LogP contribution in [0.15, 0.2) is 48.7 Å². The van der Waals surface area contributed by atoms with Crippen molar-refractivity contribution < 1.29 is 0 Å². The van der Waals surface area contributed by atoms with Gasteiger partial charge in [0.2, 0.25) is 0 Å². The summed E-state index contributed by atoms with van der Waals surface area (Å²) in [6, 6.07) is 14.8. The van der Waals surface area contributed by atoms with E-state index in [-0.39, 0.29) is 0 Å². The standard InChI is InChI=1S/C18H19N3/c1-2-7-17-15(6-1)16-9-12-21(13-18(16)20-17)11-8-14-5-3-4-10-19-14/h1-7,10,20H,8-9,11-13H2. The Labute approximate surface area is 124 Å². The Balaban J connectivity index is 1.49. The number of pyridine rings is 1. The summed E-state index contributed by atoms with van der Waals surface area (Å²) >= 11 is 0. The van der Waals surface area contributed by atoms with Gasteiger partial charge in [-0.05, 0) is 30.2 Å². The predicted octanol–water partition coefficient (Wildman–Crippen LogP) is 3.16. The van der Waals surface area contributed by atoms with Crippen LogP contribution in [0.3, 0.4) is 0 Å². The number of hydrogen-bond acceptors (Lipinski definition) is 2. The van der Waals surface area contributed by atoms with Gasteiger partial charge in [0.1, 0.15) is 0 Å². The van der Waals surface area contributed by atoms with E-state index in [1.807, 2.05) is 12.3 Å². The third-order valence-corrected chi connectivity index (χ3v) is 4.37. The van der Waals surface area contributed by atoms with Crippen molar-refractivity contribution in [1.82, 2.24) is 14.9 Å². The van der Waals surface area contributed by atoms with Crippen molar-refractivity contribution in [2.24, 2.45) is 0 Å². The molecule has 0 aliphatic carbocycles. The lowest BCUT2D eigenvalue weighted by atomic mass is 10.0. The molecule has 1 N–H and O–H groups in total. The molecule has 2 aromatic heterocycles. The number of fused-ring (bicyclic) bond motifs is 3. The number of aromatic nitrogens is 2. The molecule has 4 rings (SSSR count). The molecule has 0 saturated heterocycles. The van der Waals surface area contributed by atoms with Gasteiger partial charge >= 0.3 is 0 Å². The van der Waals surface area contributed by atoms with Crippen molar-refractivity contribution in [2.45, 2.75) is 19.4 Å². The van der Waals surface area contributed by atoms with Crippen LogP contribution in [0.2, 0.25) is 0 Å². The minimum Gasteiger partial charge on any atom is -0.357 e. The fourth-order valence-electron chi connectivity index (χ4n) is 3.26. The summed E-state index contributed by atoms with van der Waals surface area (Å²) in [6.07, 6.45) is 4.04. The zero-order valence-corrected chi connectivity index (χ0v) is 12.0. The summed E-state index contributed by atoms with van der Waals surface area (Å²) in [6.45, 7) is 3.24. The maximum Gasteiger partial charge on any atom is 0.0459 e. The van der Waals surface area contributed by atoms with Gasteiger partial charge in [-0.15, -0.1) is 0 Å². The first-order valence-electron chi connectivity index (χ1n) is 7.61. The second-order valence-electron chi connectivity index (χ2n) is 5.72. The summed E-state index contributed by atoms with van der Waals surface area (Å²) in [5.41, 5.74) is 5.36. The predicted molar refractivity (Wildman–Crippen MR) is 85.2 cm³/mol. The first-order valence-corrected chi connectivity index (χ1v) is 7.61. The lowest BCUT2D eigenvalue weighted by Gasteiger charge is -2.26. The van der Waals surface area contributed by atoms with Crippen molar-refractivity contribution in [3.05, 3.63) is 65.6 Å². The molecular weight excluding hydrogens is 258 g/mol. The highest BCUT2D eigenvalue weighted by Crippen LogP contribution is 2.27. The van der Waals surface area contributed by atoms with Crippen LogP contribution in [-0.2, 0) is 19.4 Å². The molecule has 0 bridgehead atoms. The van der Waals surface area contributed by atoms with Crippen LogP contribution < -0.4 is 0 Å². The van der Waals surface area contributed by atoms with E-state index < -0.39 is 0 Å². The quantitative estimate of drug-likeness (QED) is 0.797. The lowest BCUT2D eigenvalue weighted by molar-refractivity contribution is 0.254. The molecule has 1 aromatic carbocycles. The van der Waals surface area contributed by atoms with Gasteiger partial charge in [-0.1, -0.05) is 24.3 Å². The second-order valence-corrected chi connectivity index (χ2v) is 5.72. The fraction of sp³-hybridized carbons (Fsp3) is 0.278. The molecule has 3 nitrogen and oxygen atoms in total. The van der Waals surface area contributed by atoms with Crippen LogP contribution in [0.1, 0.15) is 17.0 Å². The monoisotopic (exact) mass is 277 g/mol. The first-order chi connectivity index (χ1) is 10.4. The van der Waals surface area contributed by atoms with Crippen LogP contribution >= 0.6 is 0 Å². The van der Waals surface area contributed by atoms with E-state index in [1.54, 1.807) is 0 Å². The van der Waals surface area contributed by atoms with Crippen LogP contribution in [-0.4, -0.2) is 28.0 Å². The molecule has 3 heterocycles. The number of nitrogens with one attached hydrogen (secondary N) is 1. The Hall–Kier alpha value is -2.13. The van der Waals surface area contributed by atoms with Gasteiger partial charge in [0.05, 0.1) is 0 Å². The van der Waals surface area contributed by atoms with Gasteiger partial charge in [-0.25, -0.2) is 0 Å². The highest BCUT2D eigenvalue weighted by atomic mass is 15.1. The number of rotatable bonds is 3. The van der Waals surface area contributed by atoms with E-state index in [1.165, 1.54) is 27.9 Å². The van der Waals surface area contributed by atoms with E-state index in [0.717, 1.165) is 32.5 Å². The molecular formula is C18H19N3. The normalized spacial score (nSPS) is 15.2. The maximum atomic E-state index is 4.41. The molecule has 0 fully saturated rings. The molecule has 21 heavy (non-hydrogen) atoms. The van der Waals surface area contributed by atoms with E-state index in [9.17, 15) is 0 Å². The van der Waals surface area contributed by atoms with E-state index in [2.05, 4.69) is 51.3 Å². The van der Waals surface area contributed by atoms with Gasteiger partial charge in [-0.3, -0.25) is 9.88 Å². The van der Waals surface area contributed by atoms with Gasteiger partial charge in [0.15, 0.2) is 0 Å². The Morgan fingerprint density at radius 1 is 1.10 bits per heavy atom. The molecule has 0 unspecified atom stereocenters. The van der Waals surface area contributed by atoms with Crippen molar-refractivity contribution in [3.63, 3.8) is 0 Å². The molecule has 0 amide bonds. The van der Waals surface area contributed by atoms with Crippen LogP contribution in [0.5, 0.6) is 0 Å². The van der Waals surface area contributed by atoms with Crippen molar-refractivity contribution in [1.29, 1.82) is 0 Å². The Kier molecular flexibility index (Phi) is 3.20. The molecule has 1 aliphatic heterocycles. The SMILES string of the molecule is c1ccc(CCN2CCc3c([nH]c4ccccc34)C2)nc1. The minimum absolute atomic E-state index is 1.02. The zero-order chi connectivity index (χ0) is 14.1. The third-order valence-electron chi connectivity index (χ3n) is 4.37. The van der Waals surface area contributed by atoms with Gasteiger partial charge in [0.25, 0.3) is 0 Å². The summed E-state index contributed by atoms with van der Waals surface area (Å²) in [4.78, 5) is 10.5. The minimum atomic E-state index is 1.02. The van der Waals surface area contributed by atoms with Gasteiger partial charge in [0, 0.05) is 54.5 Å². The number of nitrogens with zero attached hydrogens (tertiary/aromatic N) is 2. The van der Waals surface area contributed by atoms with Crippen molar-refractivity contribution in [3.8, 4) is 0 Å². The van der Waals surface area contributed by atoms with Crippen LogP contribution in [0.25, 0.3) is 10.9 Å². The number of aromatic amines is 1. The molecule has 1 aliphatic rings. The van der Waals surface area contributed by atoms with Crippen molar-refractivity contribution in [2.75, 3.05) is 13.1 Å². The van der Waals surface area contributed by atoms with Crippen molar-refractivity contribution >= 4 is 10.9 Å². The molecule has 3 aromatic rings. The Morgan fingerprint density at radius 2 is 2.00 bits per heavy atom. The smallest absolute Gasteiger partial charge is 0.0459 e. The topological polar surface area (TPSA) is 31.9 Å². The summed E-state index contributed by atoms with van der Waals surface area (Å²) in [5.74, 6) is 0.